The molecule has 1 fully saturated rings. The van der Waals surface area contributed by atoms with Gasteiger partial charge in [-0.15, -0.1) is 0 Å². The van der Waals surface area contributed by atoms with Gasteiger partial charge in [0.15, 0.2) is 0 Å². The third-order valence-electron chi connectivity index (χ3n) is 2.81. The van der Waals surface area contributed by atoms with Gasteiger partial charge in [-0.05, 0) is 34.5 Å². The smallest absolute Gasteiger partial charge is 0.241 e. The van der Waals surface area contributed by atoms with Crippen molar-refractivity contribution in [3.8, 4) is 0 Å². The van der Waals surface area contributed by atoms with Crippen LogP contribution in [0.15, 0.2) is 16.7 Å². The number of aryl methyl sites for hydroxylation is 1. The minimum Gasteiger partial charge on any atom is -0.346 e. The van der Waals surface area contributed by atoms with Crippen molar-refractivity contribution in [1.82, 2.24) is 9.88 Å². The van der Waals surface area contributed by atoms with Gasteiger partial charge in [-0.2, -0.15) is 0 Å². The first-order valence-electron chi connectivity index (χ1n) is 5.19. The first-order valence-corrected chi connectivity index (χ1v) is 5.98. The van der Waals surface area contributed by atoms with E-state index in [2.05, 4.69) is 20.9 Å². The van der Waals surface area contributed by atoms with E-state index in [0.717, 1.165) is 28.9 Å². The Kier molecular flexibility index (Phi) is 3.14. The van der Waals surface area contributed by atoms with Crippen molar-refractivity contribution in [3.63, 3.8) is 0 Å². The van der Waals surface area contributed by atoms with Crippen molar-refractivity contribution in [3.05, 3.63) is 22.3 Å². The second-order valence-electron chi connectivity index (χ2n) is 4.03. The van der Waals surface area contributed by atoms with E-state index >= 15 is 0 Å². The summed E-state index contributed by atoms with van der Waals surface area (Å²) in [6, 6.07) is 2.00. The number of rotatable bonds is 1. The molecule has 0 spiro atoms. The van der Waals surface area contributed by atoms with Crippen LogP contribution < -0.4 is 4.90 Å². The molecule has 5 heteroatoms. The van der Waals surface area contributed by atoms with Crippen LogP contribution >= 0.6 is 15.9 Å². The van der Waals surface area contributed by atoms with E-state index in [1.807, 2.05) is 24.9 Å². The van der Waals surface area contributed by atoms with Gasteiger partial charge >= 0.3 is 0 Å². The van der Waals surface area contributed by atoms with Gasteiger partial charge in [-0.1, -0.05) is 0 Å². The van der Waals surface area contributed by atoms with Crippen LogP contribution in [-0.4, -0.2) is 42.5 Å². The fraction of sp³-hybridized carbons (Fsp3) is 0.455. The molecule has 0 N–H and O–H groups in total. The number of anilines is 1. The number of halogens is 1. The molecule has 86 valence electrons. The van der Waals surface area contributed by atoms with Crippen LogP contribution in [-0.2, 0) is 4.79 Å². The maximum Gasteiger partial charge on any atom is 0.241 e. The van der Waals surface area contributed by atoms with Gasteiger partial charge < -0.3 is 9.80 Å². The van der Waals surface area contributed by atoms with Gasteiger partial charge in [0, 0.05) is 30.8 Å². The third-order valence-corrected chi connectivity index (χ3v) is 3.64. The molecule has 1 aromatic heterocycles. The highest BCUT2D eigenvalue weighted by Gasteiger charge is 2.21. The summed E-state index contributed by atoms with van der Waals surface area (Å²) >= 11 is 3.42. The SMILES string of the molecule is Cc1cc(N2CCN(C)C(=O)C2)ncc1Br. The summed E-state index contributed by atoms with van der Waals surface area (Å²) in [5.74, 6) is 1.02. The summed E-state index contributed by atoms with van der Waals surface area (Å²) in [5.41, 5.74) is 1.14. The predicted octanol–water partition coefficient (Wildman–Crippen LogP) is 1.43. The van der Waals surface area contributed by atoms with Crippen molar-refractivity contribution in [2.24, 2.45) is 0 Å². The monoisotopic (exact) mass is 283 g/mol. The molecule has 0 atom stereocenters. The summed E-state index contributed by atoms with van der Waals surface area (Å²) in [4.78, 5) is 19.7. The molecule has 4 nitrogen and oxygen atoms in total. The van der Waals surface area contributed by atoms with Gasteiger partial charge in [-0.25, -0.2) is 4.98 Å². The zero-order valence-electron chi connectivity index (χ0n) is 9.40. The van der Waals surface area contributed by atoms with Gasteiger partial charge in [0.25, 0.3) is 0 Å². The number of hydrogen-bond donors (Lipinski definition) is 0. The van der Waals surface area contributed by atoms with E-state index in [1.54, 1.807) is 11.1 Å². The molecule has 0 aromatic carbocycles. The molecule has 1 aliphatic rings. The van der Waals surface area contributed by atoms with Crippen LogP contribution in [0.25, 0.3) is 0 Å². The highest BCUT2D eigenvalue weighted by atomic mass is 79.9. The van der Waals surface area contributed by atoms with Crippen molar-refractivity contribution in [2.45, 2.75) is 6.92 Å². The maximum absolute atomic E-state index is 11.6. The van der Waals surface area contributed by atoms with E-state index in [9.17, 15) is 4.79 Å². The zero-order valence-corrected chi connectivity index (χ0v) is 11.0. The van der Waals surface area contributed by atoms with Crippen LogP contribution in [0.2, 0.25) is 0 Å². The number of nitrogens with zero attached hydrogens (tertiary/aromatic N) is 3. The molecule has 1 aromatic rings. The number of piperazine rings is 1. The lowest BCUT2D eigenvalue weighted by Gasteiger charge is -2.32. The van der Waals surface area contributed by atoms with E-state index in [4.69, 9.17) is 0 Å². The summed E-state index contributed by atoms with van der Waals surface area (Å²) in [6.07, 6.45) is 1.79. The Morgan fingerprint density at radius 2 is 2.19 bits per heavy atom. The molecule has 1 amide bonds. The van der Waals surface area contributed by atoms with Crippen LogP contribution in [0.4, 0.5) is 5.82 Å². The summed E-state index contributed by atoms with van der Waals surface area (Å²) in [5, 5.41) is 0. The Balaban J connectivity index is 2.18. The average molecular weight is 284 g/mol. The van der Waals surface area contributed by atoms with Gasteiger partial charge in [-0.3, -0.25) is 4.79 Å². The van der Waals surface area contributed by atoms with Crippen LogP contribution in [0, 0.1) is 6.92 Å². The summed E-state index contributed by atoms with van der Waals surface area (Å²) in [7, 11) is 1.83. The number of likely N-dealkylation sites (N-methyl/N-ethyl adjacent to an activating group) is 1. The Morgan fingerprint density at radius 1 is 1.44 bits per heavy atom. The molecule has 0 radical (unpaired) electrons. The van der Waals surface area contributed by atoms with E-state index < -0.39 is 0 Å². The van der Waals surface area contributed by atoms with E-state index in [1.165, 1.54) is 0 Å². The summed E-state index contributed by atoms with van der Waals surface area (Å²) < 4.78 is 0.997. The highest BCUT2D eigenvalue weighted by molar-refractivity contribution is 9.10. The minimum atomic E-state index is 0.147. The molecule has 0 unspecified atom stereocenters. The molecule has 1 saturated heterocycles. The highest BCUT2D eigenvalue weighted by Crippen LogP contribution is 2.20. The van der Waals surface area contributed by atoms with Crippen molar-refractivity contribution >= 4 is 27.7 Å². The lowest BCUT2D eigenvalue weighted by Crippen LogP contribution is -2.48. The first kappa shape index (κ1) is 11.4. The standard InChI is InChI=1S/C11H14BrN3O/c1-8-5-10(13-6-9(8)12)15-4-3-14(2)11(16)7-15/h5-6H,3-4,7H2,1-2H3. The van der Waals surface area contributed by atoms with Crippen LogP contribution in [0.3, 0.4) is 0 Å². The molecule has 0 saturated carbocycles. The molecule has 2 heterocycles. The normalized spacial score (nSPS) is 16.8. The largest absolute Gasteiger partial charge is 0.346 e. The number of aromatic nitrogens is 1. The predicted molar refractivity (Wildman–Crippen MR) is 66.5 cm³/mol. The lowest BCUT2D eigenvalue weighted by atomic mass is 10.2. The van der Waals surface area contributed by atoms with Crippen LogP contribution in [0.1, 0.15) is 5.56 Å². The molecule has 16 heavy (non-hydrogen) atoms. The Bertz CT molecular complexity index is 422. The summed E-state index contributed by atoms with van der Waals surface area (Å²) in [6.45, 7) is 4.05. The number of carbonyl (C=O) groups is 1. The molecular formula is C11H14BrN3O. The number of pyridine rings is 1. The quantitative estimate of drug-likeness (QED) is 0.783. The molecule has 1 aliphatic heterocycles. The average Bonchev–Trinajstić information content (AvgIpc) is 2.26. The van der Waals surface area contributed by atoms with E-state index in [-0.39, 0.29) is 5.91 Å². The third kappa shape index (κ3) is 2.19. The molecule has 0 bridgehead atoms. The van der Waals surface area contributed by atoms with Crippen molar-refractivity contribution in [1.29, 1.82) is 0 Å². The van der Waals surface area contributed by atoms with E-state index in [0.29, 0.717) is 6.54 Å². The van der Waals surface area contributed by atoms with Crippen LogP contribution in [0.5, 0.6) is 0 Å². The maximum atomic E-state index is 11.6. The van der Waals surface area contributed by atoms with Gasteiger partial charge in [0.1, 0.15) is 5.82 Å². The molecular weight excluding hydrogens is 270 g/mol. The van der Waals surface area contributed by atoms with Gasteiger partial charge in [0.05, 0.1) is 6.54 Å². The number of hydrogen-bond acceptors (Lipinski definition) is 3. The molecule has 2 rings (SSSR count). The Morgan fingerprint density at radius 3 is 2.81 bits per heavy atom. The van der Waals surface area contributed by atoms with Crippen molar-refractivity contribution in [2.75, 3.05) is 31.6 Å². The number of carbonyl (C=O) groups excluding carboxylic acids is 1. The fourth-order valence-corrected chi connectivity index (χ4v) is 1.87. The Labute approximate surface area is 103 Å². The fourth-order valence-electron chi connectivity index (χ4n) is 1.65. The topological polar surface area (TPSA) is 36.4 Å². The Hall–Kier alpha value is -1.10. The minimum absolute atomic E-state index is 0.147. The lowest BCUT2D eigenvalue weighted by molar-refractivity contribution is -0.129. The first-order chi connectivity index (χ1) is 7.58. The second kappa shape index (κ2) is 4.41. The zero-order chi connectivity index (χ0) is 11.7. The second-order valence-corrected chi connectivity index (χ2v) is 4.88. The van der Waals surface area contributed by atoms with Crippen molar-refractivity contribution < 1.29 is 4.79 Å². The molecule has 0 aliphatic carbocycles. The van der Waals surface area contributed by atoms with Gasteiger partial charge in [0.2, 0.25) is 5.91 Å². The number of amides is 1.